The number of allylic oxidation sites excluding steroid dienone is 3. The molecule has 1 aliphatic carbocycles. The Morgan fingerprint density at radius 1 is 0.923 bits per heavy atom. The third-order valence-corrected chi connectivity index (χ3v) is 8.10. The molecule has 0 saturated carbocycles. The predicted molar refractivity (Wildman–Crippen MR) is 153 cm³/mol. The van der Waals surface area contributed by atoms with E-state index in [2.05, 4.69) is 5.32 Å². The van der Waals surface area contributed by atoms with E-state index in [0.29, 0.717) is 56.1 Å². The number of hydrogen-bond donors (Lipinski definition) is 1. The van der Waals surface area contributed by atoms with E-state index >= 15 is 0 Å². The summed E-state index contributed by atoms with van der Waals surface area (Å²) in [6.07, 6.45) is 0.894. The molecule has 0 radical (unpaired) electrons. The molecule has 5 nitrogen and oxygen atoms in total. The fourth-order valence-corrected chi connectivity index (χ4v) is 5.77. The third-order valence-electron chi connectivity index (χ3n) is 7.01. The second kappa shape index (κ2) is 11.9. The highest BCUT2D eigenvalue weighted by Crippen LogP contribution is 2.48. The van der Waals surface area contributed by atoms with E-state index in [1.165, 1.54) is 0 Å². The van der Waals surface area contributed by atoms with E-state index in [4.69, 9.17) is 44.3 Å². The zero-order chi connectivity index (χ0) is 27.5. The van der Waals surface area contributed by atoms with E-state index in [9.17, 15) is 9.59 Å². The van der Waals surface area contributed by atoms with Crippen LogP contribution in [0.25, 0.3) is 0 Å². The Balaban J connectivity index is 1.45. The number of hydrogen-bond acceptors (Lipinski definition) is 5. The van der Waals surface area contributed by atoms with Crippen LogP contribution in [0.2, 0.25) is 15.1 Å². The molecule has 1 N–H and O–H groups in total. The van der Waals surface area contributed by atoms with E-state index in [1.807, 2.05) is 61.5 Å². The van der Waals surface area contributed by atoms with E-state index in [1.54, 1.807) is 18.2 Å². The number of Topliss-reactive ketones (excluding diaryl/α,β-unsaturated/α-hetero) is 1. The predicted octanol–water partition coefficient (Wildman–Crippen LogP) is 7.63. The van der Waals surface area contributed by atoms with E-state index in [0.717, 1.165) is 11.3 Å². The summed E-state index contributed by atoms with van der Waals surface area (Å²) >= 11 is 19.1. The lowest BCUT2D eigenvalue weighted by atomic mass is 9.71. The highest BCUT2D eigenvalue weighted by molar-refractivity contribution is 6.42. The first-order valence-electron chi connectivity index (χ1n) is 12.6. The van der Waals surface area contributed by atoms with Crippen LogP contribution in [0.4, 0.5) is 0 Å². The maximum Gasteiger partial charge on any atom is 0.336 e. The maximum atomic E-state index is 13.8. The van der Waals surface area contributed by atoms with Crippen molar-refractivity contribution in [1.29, 1.82) is 0 Å². The minimum atomic E-state index is -0.714. The summed E-state index contributed by atoms with van der Waals surface area (Å²) in [4.78, 5) is 27.3. The second-order valence-electron chi connectivity index (χ2n) is 9.51. The molecule has 1 heterocycles. The molecule has 39 heavy (non-hydrogen) atoms. The Bertz CT molecular complexity index is 1460. The Morgan fingerprint density at radius 3 is 2.41 bits per heavy atom. The third kappa shape index (κ3) is 5.86. The molecule has 0 saturated heterocycles. The van der Waals surface area contributed by atoms with Gasteiger partial charge in [-0.15, -0.1) is 0 Å². The zero-order valence-corrected chi connectivity index (χ0v) is 23.4. The van der Waals surface area contributed by atoms with Crippen LogP contribution in [0.15, 0.2) is 95.3 Å². The molecule has 1 aliphatic heterocycles. The number of rotatable bonds is 7. The molecule has 3 aromatic carbocycles. The lowest BCUT2D eigenvalue weighted by molar-refractivity contribution is -0.140. The molecule has 0 unspecified atom stereocenters. The van der Waals surface area contributed by atoms with Crippen LogP contribution in [0.1, 0.15) is 42.7 Å². The fourth-order valence-electron chi connectivity index (χ4n) is 5.22. The lowest BCUT2D eigenvalue weighted by Gasteiger charge is -2.37. The van der Waals surface area contributed by atoms with Crippen LogP contribution < -0.4 is 10.1 Å². The second-order valence-corrected chi connectivity index (χ2v) is 10.7. The minimum absolute atomic E-state index is 0.0204. The largest absolute Gasteiger partial charge is 0.490 e. The van der Waals surface area contributed by atoms with Crippen molar-refractivity contribution in [2.45, 2.75) is 31.6 Å². The van der Waals surface area contributed by atoms with Crippen molar-refractivity contribution >= 4 is 46.6 Å². The molecule has 0 fully saturated rings. The van der Waals surface area contributed by atoms with Gasteiger partial charge < -0.3 is 14.8 Å². The van der Waals surface area contributed by atoms with Gasteiger partial charge in [-0.3, -0.25) is 4.79 Å². The minimum Gasteiger partial charge on any atom is -0.490 e. The summed E-state index contributed by atoms with van der Waals surface area (Å²) in [6, 6.07) is 22.1. The van der Waals surface area contributed by atoms with Crippen molar-refractivity contribution in [3.63, 3.8) is 0 Å². The quantitative estimate of drug-likeness (QED) is 0.229. The van der Waals surface area contributed by atoms with E-state index < -0.39 is 11.9 Å². The topological polar surface area (TPSA) is 64.6 Å². The number of para-hydroxylation sites is 1. The summed E-state index contributed by atoms with van der Waals surface area (Å²) in [5, 5.41) is 4.64. The molecule has 2 atom stereocenters. The number of benzene rings is 3. The number of ether oxygens (including phenoxy) is 2. The monoisotopic (exact) mass is 581 g/mol. The van der Waals surface area contributed by atoms with Gasteiger partial charge in [-0.1, -0.05) is 77.3 Å². The van der Waals surface area contributed by atoms with Crippen molar-refractivity contribution in [3.05, 3.63) is 122 Å². The summed E-state index contributed by atoms with van der Waals surface area (Å²) in [5.41, 5.74) is 3.84. The number of esters is 1. The van der Waals surface area contributed by atoms with Crippen molar-refractivity contribution in [3.8, 4) is 5.75 Å². The van der Waals surface area contributed by atoms with Crippen LogP contribution in [-0.4, -0.2) is 25.0 Å². The molecule has 0 spiro atoms. The van der Waals surface area contributed by atoms with Gasteiger partial charge in [0.05, 0.1) is 15.6 Å². The molecule has 5 rings (SSSR count). The zero-order valence-electron chi connectivity index (χ0n) is 21.2. The SMILES string of the molecule is CC1=C(C(=O)OCCOc2ccccc2)[C@@H](c2cccc(Cl)c2Cl)C2=C(C[C@H](c3ccc(Cl)cc3)CC2=O)N1. The van der Waals surface area contributed by atoms with Gasteiger partial charge in [-0.2, -0.15) is 0 Å². The first-order chi connectivity index (χ1) is 18.8. The summed E-state index contributed by atoms with van der Waals surface area (Å²) in [5.74, 6) is -0.655. The molecule has 0 aromatic heterocycles. The van der Waals surface area contributed by atoms with Crippen molar-refractivity contribution in [1.82, 2.24) is 5.32 Å². The Labute approximate surface area is 242 Å². The Morgan fingerprint density at radius 2 is 1.67 bits per heavy atom. The van der Waals surface area contributed by atoms with Crippen molar-refractivity contribution < 1.29 is 19.1 Å². The smallest absolute Gasteiger partial charge is 0.336 e. The average molecular weight is 583 g/mol. The normalized spacial score (nSPS) is 18.9. The first-order valence-corrected chi connectivity index (χ1v) is 13.7. The molecular weight excluding hydrogens is 557 g/mol. The van der Waals surface area contributed by atoms with Gasteiger partial charge in [-0.05, 0) is 60.7 Å². The van der Waals surface area contributed by atoms with Gasteiger partial charge in [0, 0.05) is 34.3 Å². The summed E-state index contributed by atoms with van der Waals surface area (Å²) < 4.78 is 11.3. The highest BCUT2D eigenvalue weighted by Gasteiger charge is 2.42. The van der Waals surface area contributed by atoms with Gasteiger partial charge in [0.25, 0.3) is 0 Å². The molecule has 2 aliphatic rings. The number of ketones is 1. The van der Waals surface area contributed by atoms with Crippen molar-refractivity contribution in [2.75, 3.05) is 13.2 Å². The van der Waals surface area contributed by atoms with Crippen LogP contribution in [0, 0.1) is 0 Å². The first kappa shape index (κ1) is 27.3. The van der Waals surface area contributed by atoms with Crippen LogP contribution in [0.5, 0.6) is 5.75 Å². The molecule has 200 valence electrons. The highest BCUT2D eigenvalue weighted by atomic mass is 35.5. The molecule has 0 amide bonds. The van der Waals surface area contributed by atoms with Gasteiger partial charge in [0.1, 0.15) is 19.0 Å². The number of halogens is 3. The number of dihydropyridines is 1. The summed E-state index contributed by atoms with van der Waals surface area (Å²) in [6.45, 7) is 2.04. The fraction of sp³-hybridized carbons (Fsp3) is 0.226. The Kier molecular flexibility index (Phi) is 8.31. The van der Waals surface area contributed by atoms with Gasteiger partial charge in [-0.25, -0.2) is 4.79 Å². The number of nitrogens with one attached hydrogen (secondary N) is 1. The van der Waals surface area contributed by atoms with Crippen molar-refractivity contribution in [2.24, 2.45) is 0 Å². The van der Waals surface area contributed by atoms with Gasteiger partial charge in [0.2, 0.25) is 0 Å². The number of carbonyl (C=O) groups is 2. The lowest BCUT2D eigenvalue weighted by Crippen LogP contribution is -2.36. The molecule has 3 aromatic rings. The molecule has 0 bridgehead atoms. The standard InChI is InChI=1S/C31H26Cl3NO4/c1-18-27(31(37)39-15-14-38-22-6-3-2-4-7-22)28(23-8-5-9-24(33)30(23)34)29-25(35-18)16-20(17-26(29)36)19-10-12-21(32)13-11-19/h2-13,20,28,35H,14-17H2,1H3/t20-,28+/m0/s1. The van der Waals surface area contributed by atoms with Gasteiger partial charge >= 0.3 is 5.97 Å². The average Bonchev–Trinajstić information content (AvgIpc) is 2.92. The van der Waals surface area contributed by atoms with Crippen LogP contribution >= 0.6 is 34.8 Å². The number of carbonyl (C=O) groups excluding carboxylic acids is 2. The molecule has 8 heteroatoms. The van der Waals surface area contributed by atoms with Crippen LogP contribution in [0.3, 0.4) is 0 Å². The summed E-state index contributed by atoms with van der Waals surface area (Å²) in [7, 11) is 0. The van der Waals surface area contributed by atoms with Gasteiger partial charge in [0.15, 0.2) is 5.78 Å². The Hall–Kier alpha value is -3.25. The molecular formula is C31H26Cl3NO4. The van der Waals surface area contributed by atoms with Crippen LogP contribution in [-0.2, 0) is 14.3 Å². The maximum absolute atomic E-state index is 13.8. The van der Waals surface area contributed by atoms with E-state index in [-0.39, 0.29) is 24.9 Å².